The topological polar surface area (TPSA) is 70.5 Å². The van der Waals surface area contributed by atoms with Gasteiger partial charge in [-0.15, -0.1) is 0 Å². The van der Waals surface area contributed by atoms with Crippen LogP contribution in [0.1, 0.15) is 78.3 Å². The van der Waals surface area contributed by atoms with Gasteiger partial charge < -0.3 is 14.2 Å². The quantitative estimate of drug-likeness (QED) is 0.318. The van der Waals surface area contributed by atoms with Crippen LogP contribution in [0.4, 0.5) is 0 Å². The van der Waals surface area contributed by atoms with Crippen molar-refractivity contribution in [2.24, 2.45) is 5.92 Å². The average molecular weight is 455 g/mol. The fourth-order valence-electron chi connectivity index (χ4n) is 3.91. The van der Waals surface area contributed by atoms with Crippen molar-refractivity contribution in [1.29, 1.82) is 0 Å². The Labute approximate surface area is 198 Å². The highest BCUT2D eigenvalue weighted by atomic mass is 16.5. The molecule has 0 bridgehead atoms. The second-order valence-electron chi connectivity index (χ2n) is 9.76. The summed E-state index contributed by atoms with van der Waals surface area (Å²) >= 11 is 0. The van der Waals surface area contributed by atoms with Gasteiger partial charge in [0.15, 0.2) is 5.82 Å². The molecule has 1 aliphatic rings. The van der Waals surface area contributed by atoms with E-state index in [0.29, 0.717) is 43.7 Å². The predicted octanol–water partition coefficient (Wildman–Crippen LogP) is 6.12. The normalized spacial score (nSPS) is 14.7. The van der Waals surface area contributed by atoms with Crippen molar-refractivity contribution in [2.45, 2.75) is 78.1 Å². The minimum Gasteiger partial charge on any atom is -0.494 e. The third kappa shape index (κ3) is 8.02. The molecule has 0 radical (unpaired) electrons. The number of carbonyl (C=O) groups excluding carboxylic acids is 1. The van der Waals surface area contributed by atoms with E-state index in [1.807, 2.05) is 37.3 Å². The van der Waals surface area contributed by atoms with Crippen LogP contribution in [0.3, 0.4) is 0 Å². The van der Waals surface area contributed by atoms with Crippen molar-refractivity contribution < 1.29 is 19.0 Å². The van der Waals surface area contributed by atoms with Gasteiger partial charge in [0.25, 0.3) is 0 Å². The summed E-state index contributed by atoms with van der Waals surface area (Å²) < 4.78 is 16.9. The zero-order valence-corrected chi connectivity index (χ0v) is 20.6. The molecular formula is C27H38N2O4. The van der Waals surface area contributed by atoms with Gasteiger partial charge in [0, 0.05) is 23.5 Å². The van der Waals surface area contributed by atoms with E-state index in [9.17, 15) is 4.79 Å². The highest BCUT2D eigenvalue weighted by molar-refractivity contribution is 5.69. The molecule has 0 amide bonds. The summed E-state index contributed by atoms with van der Waals surface area (Å²) in [5, 5.41) is 0. The van der Waals surface area contributed by atoms with Crippen molar-refractivity contribution in [3.05, 3.63) is 36.0 Å². The van der Waals surface area contributed by atoms with Crippen LogP contribution in [0.15, 0.2) is 30.3 Å². The van der Waals surface area contributed by atoms with Crippen LogP contribution in [0.2, 0.25) is 0 Å². The highest BCUT2D eigenvalue weighted by Crippen LogP contribution is 2.29. The second-order valence-corrected chi connectivity index (χ2v) is 9.76. The van der Waals surface area contributed by atoms with Crippen LogP contribution >= 0.6 is 0 Å². The number of benzene rings is 1. The molecule has 0 unspecified atom stereocenters. The fraction of sp³-hybridized carbons (Fsp3) is 0.593. The van der Waals surface area contributed by atoms with Crippen molar-refractivity contribution in [2.75, 3.05) is 19.8 Å². The van der Waals surface area contributed by atoms with Gasteiger partial charge in [-0.05, 0) is 56.4 Å². The van der Waals surface area contributed by atoms with Gasteiger partial charge in [0.2, 0.25) is 5.88 Å². The van der Waals surface area contributed by atoms with Gasteiger partial charge in [-0.2, -0.15) is 4.98 Å². The molecule has 0 spiro atoms. The number of hydrogen-bond donors (Lipinski definition) is 0. The summed E-state index contributed by atoms with van der Waals surface area (Å²) in [6.45, 7) is 9.85. The van der Waals surface area contributed by atoms with Gasteiger partial charge in [0.05, 0.1) is 25.5 Å². The van der Waals surface area contributed by atoms with Gasteiger partial charge in [0.1, 0.15) is 5.75 Å². The maximum atomic E-state index is 11.4. The molecule has 6 nitrogen and oxygen atoms in total. The number of aromatic nitrogens is 2. The minimum atomic E-state index is -0.186. The Bertz CT molecular complexity index is 884. The minimum absolute atomic E-state index is 0.109. The molecule has 0 saturated heterocycles. The summed E-state index contributed by atoms with van der Waals surface area (Å²) in [7, 11) is 0. The first-order valence-electron chi connectivity index (χ1n) is 12.3. The Hall–Kier alpha value is -2.63. The third-order valence-corrected chi connectivity index (χ3v) is 5.87. The number of hydrogen-bond acceptors (Lipinski definition) is 6. The molecule has 0 N–H and O–H groups in total. The van der Waals surface area contributed by atoms with Crippen molar-refractivity contribution in [1.82, 2.24) is 9.97 Å². The van der Waals surface area contributed by atoms with E-state index >= 15 is 0 Å². The Balaban J connectivity index is 1.65. The first-order chi connectivity index (χ1) is 15.8. The summed E-state index contributed by atoms with van der Waals surface area (Å²) in [4.78, 5) is 21.0. The van der Waals surface area contributed by atoms with E-state index in [1.54, 1.807) is 0 Å². The van der Waals surface area contributed by atoms with E-state index in [-0.39, 0.29) is 11.4 Å². The van der Waals surface area contributed by atoms with Crippen LogP contribution in [0.5, 0.6) is 11.6 Å². The molecule has 1 aromatic carbocycles. The average Bonchev–Trinajstić information content (AvgIpc) is 2.81. The van der Waals surface area contributed by atoms with Crippen LogP contribution in [-0.2, 0) is 14.9 Å². The first-order valence-corrected chi connectivity index (χ1v) is 12.3. The highest BCUT2D eigenvalue weighted by Gasteiger charge is 2.20. The van der Waals surface area contributed by atoms with Crippen LogP contribution in [-0.4, -0.2) is 35.8 Å². The van der Waals surface area contributed by atoms with E-state index in [2.05, 4.69) is 20.8 Å². The standard InChI is InChI=1S/C27H38N2O4/c1-5-31-25(30)12-9-17-32-22-15-13-21(14-16-22)26-28-23(27(2,3)4)18-24(29-26)33-19-20-10-7-6-8-11-20/h13-16,18,20H,5-12,17,19H2,1-4H3. The van der Waals surface area contributed by atoms with Crippen LogP contribution in [0, 0.1) is 5.92 Å². The van der Waals surface area contributed by atoms with Crippen molar-refractivity contribution in [3.63, 3.8) is 0 Å². The summed E-state index contributed by atoms with van der Waals surface area (Å²) in [6.07, 6.45) is 7.41. The molecule has 1 heterocycles. The molecule has 3 rings (SSSR count). The number of rotatable bonds is 10. The number of esters is 1. The van der Waals surface area contributed by atoms with Crippen molar-refractivity contribution in [3.8, 4) is 23.0 Å². The van der Waals surface area contributed by atoms with Gasteiger partial charge in [-0.25, -0.2) is 4.98 Å². The summed E-state index contributed by atoms with van der Waals surface area (Å²) in [5.74, 6) is 2.50. The maximum Gasteiger partial charge on any atom is 0.305 e. The first kappa shape index (κ1) is 25.0. The van der Waals surface area contributed by atoms with E-state index in [4.69, 9.17) is 24.2 Å². The molecule has 180 valence electrons. The summed E-state index contributed by atoms with van der Waals surface area (Å²) in [6, 6.07) is 9.73. The Morgan fingerprint density at radius 2 is 1.76 bits per heavy atom. The number of ether oxygens (including phenoxy) is 3. The molecule has 1 aromatic heterocycles. The Morgan fingerprint density at radius 3 is 2.42 bits per heavy atom. The lowest BCUT2D eigenvalue weighted by molar-refractivity contribution is -0.143. The zero-order valence-electron chi connectivity index (χ0n) is 20.6. The number of carbonyl (C=O) groups is 1. The largest absolute Gasteiger partial charge is 0.494 e. The fourth-order valence-corrected chi connectivity index (χ4v) is 3.91. The molecule has 1 fully saturated rings. The molecule has 0 atom stereocenters. The van der Waals surface area contributed by atoms with Crippen LogP contribution in [0.25, 0.3) is 11.4 Å². The lowest BCUT2D eigenvalue weighted by Crippen LogP contribution is -2.18. The Kier molecular flexibility index (Phi) is 9.10. The lowest BCUT2D eigenvalue weighted by Gasteiger charge is -2.23. The SMILES string of the molecule is CCOC(=O)CCCOc1ccc(-c2nc(OCC3CCCCC3)cc(C(C)(C)C)n2)cc1. The van der Waals surface area contributed by atoms with E-state index in [0.717, 1.165) is 23.6 Å². The van der Waals surface area contributed by atoms with Crippen LogP contribution < -0.4 is 9.47 Å². The maximum absolute atomic E-state index is 11.4. The Morgan fingerprint density at radius 1 is 1.03 bits per heavy atom. The zero-order chi connectivity index (χ0) is 23.7. The summed E-state index contributed by atoms with van der Waals surface area (Å²) in [5.41, 5.74) is 1.77. The monoisotopic (exact) mass is 454 g/mol. The molecule has 6 heteroatoms. The molecule has 1 saturated carbocycles. The van der Waals surface area contributed by atoms with Gasteiger partial charge in [-0.3, -0.25) is 4.79 Å². The van der Waals surface area contributed by atoms with E-state index in [1.165, 1.54) is 32.1 Å². The van der Waals surface area contributed by atoms with E-state index < -0.39 is 0 Å². The molecule has 0 aliphatic heterocycles. The smallest absolute Gasteiger partial charge is 0.305 e. The molecular weight excluding hydrogens is 416 g/mol. The number of nitrogens with zero attached hydrogens (tertiary/aromatic N) is 2. The van der Waals surface area contributed by atoms with Gasteiger partial charge >= 0.3 is 5.97 Å². The lowest BCUT2D eigenvalue weighted by atomic mass is 9.90. The van der Waals surface area contributed by atoms with Crippen molar-refractivity contribution >= 4 is 5.97 Å². The molecule has 2 aromatic rings. The third-order valence-electron chi connectivity index (χ3n) is 5.87. The molecule has 1 aliphatic carbocycles. The molecule has 33 heavy (non-hydrogen) atoms. The van der Waals surface area contributed by atoms with Gasteiger partial charge in [-0.1, -0.05) is 40.0 Å². The predicted molar refractivity (Wildman–Crippen MR) is 130 cm³/mol. The second kappa shape index (κ2) is 12.0.